The van der Waals surface area contributed by atoms with E-state index in [1.54, 1.807) is 54.6 Å². The monoisotopic (exact) mass is 648 g/mol. The van der Waals surface area contributed by atoms with Crippen LogP contribution in [0.4, 0.5) is 10.1 Å². The van der Waals surface area contributed by atoms with Crippen LogP contribution in [0.15, 0.2) is 102 Å². The summed E-state index contributed by atoms with van der Waals surface area (Å²) >= 11 is 0. The van der Waals surface area contributed by atoms with Gasteiger partial charge in [0, 0.05) is 28.5 Å². The smallest absolute Gasteiger partial charge is 0.261 e. The van der Waals surface area contributed by atoms with Gasteiger partial charge in [0.1, 0.15) is 31.4 Å². The second-order valence-corrected chi connectivity index (χ2v) is 12.0. The number of aliphatic hydroxyl groups is 2. The third-order valence-electron chi connectivity index (χ3n) is 7.34. The number of oxime groups is 1. The summed E-state index contributed by atoms with van der Waals surface area (Å²) in [6.07, 6.45) is -2.61. The van der Waals surface area contributed by atoms with E-state index in [1.807, 2.05) is 6.07 Å². The molecule has 2 aliphatic rings. The molecule has 0 spiro atoms. The van der Waals surface area contributed by atoms with E-state index < -0.39 is 62.9 Å². The minimum atomic E-state index is -4.18. The number of hydrogen-bond acceptors (Lipinski definition) is 10. The highest BCUT2D eigenvalue weighted by Gasteiger charge is 2.42. The maximum absolute atomic E-state index is 15.7. The van der Waals surface area contributed by atoms with E-state index in [1.165, 1.54) is 0 Å². The minimum Gasteiger partial charge on any atom is -0.507 e. The fourth-order valence-electron chi connectivity index (χ4n) is 5.02. The Balaban J connectivity index is 1.58. The normalized spacial score (nSPS) is 19.6. The molecule has 46 heavy (non-hydrogen) atoms. The average Bonchev–Trinajstić information content (AvgIpc) is 3.05. The lowest BCUT2D eigenvalue weighted by Crippen LogP contribution is -2.39. The fourth-order valence-corrected chi connectivity index (χ4v) is 5.57. The van der Waals surface area contributed by atoms with Crippen molar-refractivity contribution in [3.05, 3.63) is 125 Å². The van der Waals surface area contributed by atoms with Crippen LogP contribution in [0.2, 0.25) is 0 Å². The van der Waals surface area contributed by atoms with Gasteiger partial charge in [0.05, 0.1) is 16.8 Å². The molecule has 1 aliphatic carbocycles. The standard InChI is InChI=1S/C33H29FN2O9S/c1-3-46(41,42)36-25-15-24(34)23-14-22-18-45-35-33(44-17-21-12-8-5-9-13-21)19(2)28(37)31(40)30(39)26(22)29(38)27(23)32(25)43-16-20-10-6-4-7-11-20/h3-13,15,22,31,36,38,40H,1-2,14,16-18H2/b35-33+/t22-,31+/m0/s1. The number of carbonyl (C=O) groups is 2. The lowest BCUT2D eigenvalue weighted by atomic mass is 9.78. The van der Waals surface area contributed by atoms with Crippen LogP contribution in [0, 0.1) is 11.7 Å². The molecule has 3 aromatic carbocycles. The van der Waals surface area contributed by atoms with Crippen molar-refractivity contribution in [2.24, 2.45) is 11.1 Å². The molecule has 3 aromatic rings. The van der Waals surface area contributed by atoms with Crippen LogP contribution in [0.3, 0.4) is 0 Å². The highest BCUT2D eigenvalue weighted by atomic mass is 32.2. The maximum atomic E-state index is 15.7. The van der Waals surface area contributed by atoms with Crippen molar-refractivity contribution in [1.82, 2.24) is 0 Å². The summed E-state index contributed by atoms with van der Waals surface area (Å²) in [7, 11) is -4.18. The zero-order chi connectivity index (χ0) is 33.0. The van der Waals surface area contributed by atoms with Gasteiger partial charge < -0.3 is 24.5 Å². The molecule has 3 N–H and O–H groups in total. The van der Waals surface area contributed by atoms with Crippen molar-refractivity contribution in [3.63, 3.8) is 0 Å². The Morgan fingerprint density at radius 2 is 1.63 bits per heavy atom. The zero-order valence-corrected chi connectivity index (χ0v) is 25.1. The second kappa shape index (κ2) is 13.4. The van der Waals surface area contributed by atoms with E-state index in [-0.39, 0.29) is 48.1 Å². The van der Waals surface area contributed by atoms with Crippen LogP contribution in [0.25, 0.3) is 5.76 Å². The minimum absolute atomic E-state index is 0.0307. The number of Topliss-reactive ketones (excluding diaryl/α,β-unsaturated/α-hetero) is 2. The van der Waals surface area contributed by atoms with Crippen LogP contribution >= 0.6 is 0 Å². The van der Waals surface area contributed by atoms with Gasteiger partial charge in [0.2, 0.25) is 5.78 Å². The van der Waals surface area contributed by atoms with Crippen LogP contribution in [0.1, 0.15) is 22.3 Å². The SMILES string of the molecule is C=CS(=O)(=O)Nc1cc(F)c2c(c1OCc1ccccc1)C(O)=C1C(=O)[C@H](O)C(=O)C(=C)/C(OCc3ccccc3)=N\OC[C@@H]1C2. The number of fused-ring (bicyclic) bond motifs is 2. The summed E-state index contributed by atoms with van der Waals surface area (Å²) in [5.41, 5.74) is -0.361. The molecule has 0 fully saturated rings. The van der Waals surface area contributed by atoms with Gasteiger partial charge in [0.15, 0.2) is 17.6 Å². The van der Waals surface area contributed by atoms with Crippen molar-refractivity contribution >= 4 is 38.9 Å². The number of aliphatic hydroxyl groups excluding tert-OH is 2. The Kier molecular flexibility index (Phi) is 9.35. The van der Waals surface area contributed by atoms with Gasteiger partial charge in [-0.05, 0) is 22.7 Å². The Bertz CT molecular complexity index is 1870. The van der Waals surface area contributed by atoms with Crippen LogP contribution < -0.4 is 9.46 Å². The molecule has 0 saturated carbocycles. The van der Waals surface area contributed by atoms with Crippen molar-refractivity contribution < 1.29 is 46.9 Å². The molecule has 0 amide bonds. The third-order valence-corrected chi connectivity index (χ3v) is 8.28. The molecule has 0 radical (unpaired) electrons. The van der Waals surface area contributed by atoms with E-state index >= 15 is 4.39 Å². The molecule has 13 heteroatoms. The first-order valence-electron chi connectivity index (χ1n) is 13.9. The summed E-state index contributed by atoms with van der Waals surface area (Å²) in [4.78, 5) is 32.3. The molecule has 1 aliphatic heterocycles. The highest BCUT2D eigenvalue weighted by molar-refractivity contribution is 7.95. The van der Waals surface area contributed by atoms with E-state index in [4.69, 9.17) is 14.3 Å². The largest absolute Gasteiger partial charge is 0.507 e. The van der Waals surface area contributed by atoms with Crippen molar-refractivity contribution in [2.45, 2.75) is 25.7 Å². The predicted molar refractivity (Wildman–Crippen MR) is 166 cm³/mol. The van der Waals surface area contributed by atoms with Gasteiger partial charge in [-0.1, -0.05) is 73.8 Å². The molecule has 1 heterocycles. The van der Waals surface area contributed by atoms with Gasteiger partial charge in [-0.25, -0.2) is 12.8 Å². The molecule has 238 valence electrons. The summed E-state index contributed by atoms with van der Waals surface area (Å²) in [5.74, 6) is -5.87. The Morgan fingerprint density at radius 3 is 2.24 bits per heavy atom. The van der Waals surface area contributed by atoms with Gasteiger partial charge in [0.25, 0.3) is 15.9 Å². The molecule has 2 atom stereocenters. The number of ether oxygens (including phenoxy) is 2. The molecule has 0 unspecified atom stereocenters. The number of rotatable bonds is 8. The number of nitrogens with one attached hydrogen (secondary N) is 1. The van der Waals surface area contributed by atoms with Crippen LogP contribution in [0.5, 0.6) is 5.75 Å². The number of ketones is 2. The summed E-state index contributed by atoms with van der Waals surface area (Å²) < 4.78 is 54.2. The van der Waals surface area contributed by atoms with E-state index in [2.05, 4.69) is 23.0 Å². The van der Waals surface area contributed by atoms with Gasteiger partial charge in [-0.2, -0.15) is 0 Å². The second-order valence-electron chi connectivity index (χ2n) is 10.4. The first-order valence-corrected chi connectivity index (χ1v) is 15.5. The molecular weight excluding hydrogens is 619 g/mol. The average molecular weight is 649 g/mol. The van der Waals surface area contributed by atoms with Gasteiger partial charge in [-0.3, -0.25) is 14.3 Å². The summed E-state index contributed by atoms with van der Waals surface area (Å²) in [6, 6.07) is 18.5. The molecule has 5 rings (SSSR count). The molecular formula is C33H29FN2O9S. The number of carbonyl (C=O) groups excluding carboxylic acids is 2. The van der Waals surface area contributed by atoms with Crippen molar-refractivity contribution in [3.8, 4) is 5.75 Å². The predicted octanol–water partition coefficient (Wildman–Crippen LogP) is 4.35. The number of halogens is 1. The van der Waals surface area contributed by atoms with Crippen molar-refractivity contribution in [1.29, 1.82) is 0 Å². The molecule has 0 bridgehead atoms. The van der Waals surface area contributed by atoms with E-state index in [0.717, 1.165) is 11.6 Å². The lowest BCUT2D eigenvalue weighted by molar-refractivity contribution is -0.134. The van der Waals surface area contributed by atoms with E-state index in [0.29, 0.717) is 11.0 Å². The Labute approximate surface area is 264 Å². The summed E-state index contributed by atoms with van der Waals surface area (Å²) in [5, 5.41) is 27.0. The Hall–Kier alpha value is -5.27. The van der Waals surface area contributed by atoms with Crippen LogP contribution in [-0.4, -0.2) is 48.8 Å². The van der Waals surface area contributed by atoms with Gasteiger partial charge >= 0.3 is 0 Å². The Morgan fingerprint density at radius 1 is 1.02 bits per heavy atom. The topological polar surface area (TPSA) is 161 Å². The number of hydrogen-bond donors (Lipinski definition) is 3. The highest BCUT2D eigenvalue weighted by Crippen LogP contribution is 2.45. The summed E-state index contributed by atoms with van der Waals surface area (Å²) in [6.45, 7) is 6.30. The van der Waals surface area contributed by atoms with Crippen LogP contribution in [-0.2, 0) is 48.8 Å². The number of sulfonamides is 1. The lowest BCUT2D eigenvalue weighted by Gasteiger charge is -2.30. The number of nitrogens with zero attached hydrogens (tertiary/aromatic N) is 1. The first kappa shape index (κ1) is 32.1. The number of anilines is 1. The molecule has 0 saturated heterocycles. The fraction of sp³-hybridized carbons (Fsp3) is 0.182. The van der Waals surface area contributed by atoms with Gasteiger partial charge in [-0.15, -0.1) is 0 Å². The zero-order valence-electron chi connectivity index (χ0n) is 24.3. The molecule has 11 nitrogen and oxygen atoms in total. The number of benzene rings is 3. The molecule has 0 aromatic heterocycles. The quantitative estimate of drug-likeness (QED) is 0.238. The first-order chi connectivity index (χ1) is 22.0. The maximum Gasteiger partial charge on any atom is 0.261 e. The van der Waals surface area contributed by atoms with E-state index in [9.17, 15) is 28.2 Å². The third kappa shape index (κ3) is 6.70. The van der Waals surface area contributed by atoms with Crippen molar-refractivity contribution in [2.75, 3.05) is 11.3 Å².